The Hall–Kier alpha value is -1.54. The van der Waals surface area contributed by atoms with E-state index in [-0.39, 0.29) is 11.8 Å². The van der Waals surface area contributed by atoms with Crippen molar-refractivity contribution in [2.24, 2.45) is 0 Å². The average Bonchev–Trinajstić information content (AvgIpc) is 2.74. The highest BCUT2D eigenvalue weighted by atomic mass is 127. The molecule has 3 aromatic rings. The highest BCUT2D eigenvalue weighted by Gasteiger charge is 2.16. The predicted octanol–water partition coefficient (Wildman–Crippen LogP) is 4.01. The number of nitrogen functional groups attached to an aromatic ring is 1. The molecule has 0 saturated heterocycles. The molecule has 0 saturated carbocycles. The number of aromatic nitrogens is 2. The lowest BCUT2D eigenvalue weighted by Gasteiger charge is -2.12. The molecule has 0 aliphatic carbocycles. The summed E-state index contributed by atoms with van der Waals surface area (Å²) in [7, 11) is 1.55. The molecule has 2 aromatic carbocycles. The molecule has 0 spiro atoms. The van der Waals surface area contributed by atoms with E-state index in [1.54, 1.807) is 35.9 Å². The van der Waals surface area contributed by atoms with E-state index in [0.717, 1.165) is 0 Å². The topological polar surface area (TPSA) is 53.1 Å². The summed E-state index contributed by atoms with van der Waals surface area (Å²) in [4.78, 5) is 4.27. The molecular weight excluding hydrogens is 408 g/mol. The van der Waals surface area contributed by atoms with Gasteiger partial charge < -0.3 is 10.5 Å². The van der Waals surface area contributed by atoms with Gasteiger partial charge >= 0.3 is 0 Å². The van der Waals surface area contributed by atoms with Crippen LogP contribution < -0.4 is 10.5 Å². The number of nitrogens with two attached hydrogens (primary N) is 1. The standard InChI is InChI=1S/C14H10ClFIN3O/c1-21-13-3-2-7(15)4-12(13)20-11-5-8(16)9(17)6-10(11)19-14(20)18/h2-6H,1H3,(H2,18,19). The van der Waals surface area contributed by atoms with Gasteiger partial charge in [-0.05, 0) is 46.9 Å². The highest BCUT2D eigenvalue weighted by Crippen LogP contribution is 2.32. The number of fused-ring (bicyclic) bond motifs is 1. The Kier molecular flexibility index (Phi) is 3.66. The van der Waals surface area contributed by atoms with Crippen LogP contribution in [0.25, 0.3) is 16.7 Å². The van der Waals surface area contributed by atoms with Crippen molar-refractivity contribution in [2.45, 2.75) is 0 Å². The molecule has 0 unspecified atom stereocenters. The van der Waals surface area contributed by atoms with Gasteiger partial charge in [0.1, 0.15) is 11.6 Å². The number of anilines is 1. The molecule has 0 atom stereocenters. The molecular formula is C14H10ClFIN3O. The lowest BCUT2D eigenvalue weighted by atomic mass is 10.2. The van der Waals surface area contributed by atoms with E-state index in [4.69, 9.17) is 22.1 Å². The number of rotatable bonds is 2. The monoisotopic (exact) mass is 417 g/mol. The second kappa shape index (κ2) is 5.34. The van der Waals surface area contributed by atoms with E-state index in [9.17, 15) is 4.39 Å². The Morgan fingerprint density at radius 1 is 1.33 bits per heavy atom. The fraction of sp³-hybridized carbons (Fsp3) is 0.0714. The summed E-state index contributed by atoms with van der Waals surface area (Å²) in [5.74, 6) is 0.488. The highest BCUT2D eigenvalue weighted by molar-refractivity contribution is 14.1. The Balaban J connectivity index is 2.37. The van der Waals surface area contributed by atoms with Gasteiger partial charge in [0.2, 0.25) is 5.95 Å². The van der Waals surface area contributed by atoms with E-state index in [2.05, 4.69) is 4.98 Å². The van der Waals surface area contributed by atoms with Crippen molar-refractivity contribution in [3.8, 4) is 11.4 Å². The van der Waals surface area contributed by atoms with Crippen LogP contribution in [0.5, 0.6) is 5.75 Å². The number of hydrogen-bond acceptors (Lipinski definition) is 3. The summed E-state index contributed by atoms with van der Waals surface area (Å²) in [5, 5.41) is 0.526. The van der Waals surface area contributed by atoms with Crippen molar-refractivity contribution in [1.29, 1.82) is 0 Å². The maximum atomic E-state index is 13.9. The summed E-state index contributed by atoms with van der Waals surface area (Å²) < 4.78 is 21.3. The van der Waals surface area contributed by atoms with E-state index in [1.807, 2.05) is 22.6 Å². The van der Waals surface area contributed by atoms with Gasteiger partial charge in [-0.3, -0.25) is 4.57 Å². The van der Waals surface area contributed by atoms with Gasteiger partial charge in [-0.1, -0.05) is 11.6 Å². The summed E-state index contributed by atoms with van der Waals surface area (Å²) in [6.45, 7) is 0. The van der Waals surface area contributed by atoms with Crippen LogP contribution >= 0.6 is 34.2 Å². The first-order chi connectivity index (χ1) is 10.0. The van der Waals surface area contributed by atoms with Gasteiger partial charge in [0.15, 0.2) is 0 Å². The second-order valence-electron chi connectivity index (χ2n) is 4.38. The molecule has 4 nitrogen and oxygen atoms in total. The van der Waals surface area contributed by atoms with Crippen molar-refractivity contribution in [3.63, 3.8) is 0 Å². The minimum absolute atomic E-state index is 0.243. The van der Waals surface area contributed by atoms with Crippen LogP contribution in [-0.4, -0.2) is 16.7 Å². The lowest BCUT2D eigenvalue weighted by molar-refractivity contribution is 0.413. The second-order valence-corrected chi connectivity index (χ2v) is 5.98. The predicted molar refractivity (Wildman–Crippen MR) is 89.7 cm³/mol. The number of nitrogens with zero attached hydrogens (tertiary/aromatic N) is 2. The fourth-order valence-corrected chi connectivity index (χ4v) is 2.80. The molecule has 0 fully saturated rings. The van der Waals surface area contributed by atoms with Gasteiger partial charge in [-0.2, -0.15) is 0 Å². The van der Waals surface area contributed by atoms with Crippen LogP contribution in [0.15, 0.2) is 30.3 Å². The summed E-state index contributed by atoms with van der Waals surface area (Å²) in [6.07, 6.45) is 0. The Labute approximate surface area is 138 Å². The van der Waals surface area contributed by atoms with Crippen molar-refractivity contribution in [3.05, 3.63) is 44.7 Å². The third kappa shape index (κ3) is 2.42. The lowest BCUT2D eigenvalue weighted by Crippen LogP contribution is -2.03. The summed E-state index contributed by atoms with van der Waals surface area (Å²) in [5.41, 5.74) is 7.78. The zero-order valence-electron chi connectivity index (χ0n) is 10.9. The van der Waals surface area contributed by atoms with Crippen molar-refractivity contribution in [2.75, 3.05) is 12.8 Å². The van der Waals surface area contributed by atoms with Crippen LogP contribution in [0.3, 0.4) is 0 Å². The normalized spacial score (nSPS) is 11.0. The molecule has 0 amide bonds. The molecule has 21 heavy (non-hydrogen) atoms. The minimum Gasteiger partial charge on any atom is -0.495 e. The average molecular weight is 418 g/mol. The van der Waals surface area contributed by atoms with Gasteiger partial charge in [-0.15, -0.1) is 0 Å². The molecule has 3 rings (SSSR count). The summed E-state index contributed by atoms with van der Waals surface area (Å²) >= 11 is 7.96. The van der Waals surface area contributed by atoms with E-state index < -0.39 is 0 Å². The number of benzene rings is 2. The molecule has 1 aromatic heterocycles. The first-order valence-corrected chi connectivity index (χ1v) is 7.44. The van der Waals surface area contributed by atoms with Gasteiger partial charge in [0.05, 0.1) is 27.4 Å². The molecule has 108 valence electrons. The fourth-order valence-electron chi connectivity index (χ4n) is 2.18. The number of methoxy groups -OCH3 is 1. The number of imidazole rings is 1. The largest absolute Gasteiger partial charge is 0.495 e. The van der Waals surface area contributed by atoms with Crippen LogP contribution in [0.2, 0.25) is 5.02 Å². The first-order valence-electron chi connectivity index (χ1n) is 5.98. The SMILES string of the molecule is COc1ccc(Cl)cc1-n1c(N)nc2cc(I)c(F)cc21. The molecule has 0 bridgehead atoms. The third-order valence-corrected chi connectivity index (χ3v) is 4.17. The molecule has 2 N–H and O–H groups in total. The molecule has 1 heterocycles. The van der Waals surface area contributed by atoms with Crippen LogP contribution in [0.4, 0.5) is 10.3 Å². The van der Waals surface area contributed by atoms with Crippen molar-refractivity contribution >= 4 is 51.2 Å². The molecule has 0 aliphatic heterocycles. The maximum Gasteiger partial charge on any atom is 0.206 e. The van der Waals surface area contributed by atoms with Gasteiger partial charge in [-0.25, -0.2) is 9.37 Å². The van der Waals surface area contributed by atoms with E-state index in [1.165, 1.54) is 6.07 Å². The maximum absolute atomic E-state index is 13.9. The van der Waals surface area contributed by atoms with Gasteiger partial charge in [0, 0.05) is 11.1 Å². The third-order valence-electron chi connectivity index (χ3n) is 3.10. The minimum atomic E-state index is -0.328. The van der Waals surface area contributed by atoms with Crippen LogP contribution in [0, 0.1) is 9.39 Å². The van der Waals surface area contributed by atoms with Crippen LogP contribution in [0.1, 0.15) is 0 Å². The smallest absolute Gasteiger partial charge is 0.206 e. The quantitative estimate of drug-likeness (QED) is 0.641. The Morgan fingerprint density at radius 3 is 2.81 bits per heavy atom. The molecule has 7 heteroatoms. The van der Waals surface area contributed by atoms with E-state index in [0.29, 0.717) is 31.1 Å². The van der Waals surface area contributed by atoms with Gasteiger partial charge in [0.25, 0.3) is 0 Å². The molecule has 0 radical (unpaired) electrons. The number of hydrogen-bond donors (Lipinski definition) is 1. The van der Waals surface area contributed by atoms with Crippen molar-refractivity contribution < 1.29 is 9.13 Å². The number of halogens is 3. The zero-order chi connectivity index (χ0) is 15.1. The Bertz CT molecular complexity index is 850. The molecule has 0 aliphatic rings. The first kappa shape index (κ1) is 14.4. The van der Waals surface area contributed by atoms with Crippen LogP contribution in [-0.2, 0) is 0 Å². The number of ether oxygens (including phenoxy) is 1. The summed E-state index contributed by atoms with van der Waals surface area (Å²) in [6, 6.07) is 8.19. The Morgan fingerprint density at radius 2 is 2.10 bits per heavy atom. The zero-order valence-corrected chi connectivity index (χ0v) is 13.8. The van der Waals surface area contributed by atoms with E-state index >= 15 is 0 Å². The van der Waals surface area contributed by atoms with Crippen molar-refractivity contribution in [1.82, 2.24) is 9.55 Å².